The Morgan fingerprint density at radius 1 is 1.47 bits per heavy atom. The van der Waals surface area contributed by atoms with Crippen LogP contribution >= 0.6 is 11.8 Å². The first-order valence-electron chi connectivity index (χ1n) is 6.73. The van der Waals surface area contributed by atoms with E-state index in [-0.39, 0.29) is 11.9 Å². The molecule has 1 fully saturated rings. The maximum atomic E-state index is 12.1. The van der Waals surface area contributed by atoms with E-state index in [1.165, 1.54) is 12.2 Å². The first kappa shape index (κ1) is 14.8. The molecule has 1 aliphatic rings. The third-order valence-corrected chi connectivity index (χ3v) is 4.80. The Labute approximate surface area is 109 Å². The fourth-order valence-corrected chi connectivity index (χ4v) is 3.66. The number of likely N-dealkylation sites (N-methyl/N-ethyl adjacent to an activating group) is 1. The van der Waals surface area contributed by atoms with Crippen molar-refractivity contribution in [2.24, 2.45) is 5.73 Å². The summed E-state index contributed by atoms with van der Waals surface area (Å²) in [6.07, 6.45) is 5.28. The van der Waals surface area contributed by atoms with Gasteiger partial charge in [0.15, 0.2) is 0 Å². The number of hydrogen-bond donors (Lipinski definition) is 1. The summed E-state index contributed by atoms with van der Waals surface area (Å²) < 4.78 is 0. The second-order valence-electron chi connectivity index (χ2n) is 4.89. The van der Waals surface area contributed by atoms with Crippen LogP contribution in [-0.4, -0.2) is 40.9 Å². The second kappa shape index (κ2) is 7.27. The van der Waals surface area contributed by atoms with E-state index in [1.807, 2.05) is 23.7 Å². The Morgan fingerprint density at radius 2 is 2.18 bits per heavy atom. The zero-order valence-corrected chi connectivity index (χ0v) is 12.1. The summed E-state index contributed by atoms with van der Waals surface area (Å²) >= 11 is 2.02. The Morgan fingerprint density at radius 3 is 2.76 bits per heavy atom. The van der Waals surface area contributed by atoms with Crippen molar-refractivity contribution in [2.45, 2.75) is 63.3 Å². The summed E-state index contributed by atoms with van der Waals surface area (Å²) in [6.45, 7) is 4.26. The minimum absolute atomic E-state index is 0.124. The zero-order valence-electron chi connectivity index (χ0n) is 11.3. The summed E-state index contributed by atoms with van der Waals surface area (Å²) in [4.78, 5) is 14.0. The maximum Gasteiger partial charge on any atom is 0.239 e. The van der Waals surface area contributed by atoms with Crippen molar-refractivity contribution < 1.29 is 4.79 Å². The minimum atomic E-state index is -0.303. The fraction of sp³-hybridized carbons (Fsp3) is 0.923. The van der Waals surface area contributed by atoms with Crippen molar-refractivity contribution in [1.82, 2.24) is 4.90 Å². The molecule has 0 spiro atoms. The highest BCUT2D eigenvalue weighted by molar-refractivity contribution is 7.99. The fourth-order valence-electron chi connectivity index (χ4n) is 2.53. The van der Waals surface area contributed by atoms with E-state index >= 15 is 0 Å². The molecule has 1 rings (SSSR count). The number of carbonyl (C=O) groups excluding carboxylic acids is 1. The number of carbonyl (C=O) groups is 1. The lowest BCUT2D eigenvalue weighted by molar-refractivity contribution is -0.133. The summed E-state index contributed by atoms with van der Waals surface area (Å²) in [6, 6.07) is 0.109. The third kappa shape index (κ3) is 4.18. The smallest absolute Gasteiger partial charge is 0.239 e. The number of amides is 1. The van der Waals surface area contributed by atoms with E-state index in [0.29, 0.717) is 6.04 Å². The minimum Gasteiger partial charge on any atom is -0.341 e. The Bertz CT molecular complexity index is 248. The van der Waals surface area contributed by atoms with Crippen LogP contribution in [0.4, 0.5) is 0 Å². The van der Waals surface area contributed by atoms with E-state index in [4.69, 9.17) is 5.73 Å². The van der Waals surface area contributed by atoms with Gasteiger partial charge in [-0.05, 0) is 31.4 Å². The van der Waals surface area contributed by atoms with E-state index in [9.17, 15) is 4.79 Å². The lowest BCUT2D eigenvalue weighted by atomic mass is 10.1. The number of nitrogens with zero attached hydrogens (tertiary/aromatic N) is 1. The van der Waals surface area contributed by atoms with Gasteiger partial charge in [-0.3, -0.25) is 4.79 Å². The average molecular weight is 258 g/mol. The number of rotatable bonds is 6. The molecule has 0 aromatic heterocycles. The van der Waals surface area contributed by atoms with Crippen LogP contribution in [0.15, 0.2) is 0 Å². The standard InChI is InChI=1S/C13H26N2OS/c1-4-6-12(14)13(16)15(3)10-7-8-11(9-10)17-5-2/h10-12H,4-9,14H2,1-3H3. The lowest BCUT2D eigenvalue weighted by Gasteiger charge is -2.27. The van der Waals surface area contributed by atoms with Gasteiger partial charge in [-0.15, -0.1) is 0 Å². The quantitative estimate of drug-likeness (QED) is 0.795. The topological polar surface area (TPSA) is 46.3 Å². The van der Waals surface area contributed by atoms with Gasteiger partial charge in [-0.2, -0.15) is 11.8 Å². The van der Waals surface area contributed by atoms with Crippen LogP contribution in [-0.2, 0) is 4.79 Å². The second-order valence-corrected chi connectivity index (χ2v) is 6.47. The van der Waals surface area contributed by atoms with Crippen LogP contribution in [0.25, 0.3) is 0 Å². The molecule has 4 heteroatoms. The number of nitrogens with two attached hydrogens (primary N) is 1. The highest BCUT2D eigenvalue weighted by atomic mass is 32.2. The SMILES string of the molecule is CCCC(N)C(=O)N(C)C1CCC(SCC)C1. The number of thioether (sulfide) groups is 1. The van der Waals surface area contributed by atoms with Crippen molar-refractivity contribution in [3.05, 3.63) is 0 Å². The van der Waals surface area contributed by atoms with Gasteiger partial charge in [-0.1, -0.05) is 20.3 Å². The Balaban J connectivity index is 2.42. The molecule has 0 heterocycles. The molecule has 0 radical (unpaired) electrons. The van der Waals surface area contributed by atoms with Crippen molar-refractivity contribution in [2.75, 3.05) is 12.8 Å². The summed E-state index contributed by atoms with van der Waals surface area (Å²) in [7, 11) is 1.92. The van der Waals surface area contributed by atoms with Gasteiger partial charge in [0.25, 0.3) is 0 Å². The van der Waals surface area contributed by atoms with E-state index in [1.54, 1.807) is 0 Å². The molecule has 0 saturated heterocycles. The predicted molar refractivity (Wildman–Crippen MR) is 75.2 cm³/mol. The predicted octanol–water partition coefficient (Wildman–Crippen LogP) is 2.25. The van der Waals surface area contributed by atoms with Crippen molar-refractivity contribution in [1.29, 1.82) is 0 Å². The van der Waals surface area contributed by atoms with Gasteiger partial charge >= 0.3 is 0 Å². The molecule has 0 bridgehead atoms. The Hall–Kier alpha value is -0.220. The molecule has 3 nitrogen and oxygen atoms in total. The molecule has 0 aliphatic heterocycles. The first-order valence-corrected chi connectivity index (χ1v) is 7.78. The van der Waals surface area contributed by atoms with Crippen LogP contribution in [0, 0.1) is 0 Å². The molecule has 1 aliphatic carbocycles. The van der Waals surface area contributed by atoms with Crippen LogP contribution in [0.5, 0.6) is 0 Å². The monoisotopic (exact) mass is 258 g/mol. The van der Waals surface area contributed by atoms with Gasteiger partial charge in [0.1, 0.15) is 0 Å². The van der Waals surface area contributed by atoms with Gasteiger partial charge < -0.3 is 10.6 Å². The summed E-state index contributed by atoms with van der Waals surface area (Å²) in [5.41, 5.74) is 5.89. The largest absolute Gasteiger partial charge is 0.341 e. The molecule has 2 N–H and O–H groups in total. The highest BCUT2D eigenvalue weighted by Gasteiger charge is 2.31. The van der Waals surface area contributed by atoms with Gasteiger partial charge in [0, 0.05) is 18.3 Å². The Kier molecular flexibility index (Phi) is 6.34. The third-order valence-electron chi connectivity index (χ3n) is 3.57. The first-order chi connectivity index (χ1) is 8.10. The molecule has 3 unspecified atom stereocenters. The van der Waals surface area contributed by atoms with Gasteiger partial charge in [-0.25, -0.2) is 0 Å². The van der Waals surface area contributed by atoms with Gasteiger partial charge in [0.2, 0.25) is 5.91 Å². The van der Waals surface area contributed by atoms with Crippen molar-refractivity contribution in [3.8, 4) is 0 Å². The molecule has 1 saturated carbocycles. The lowest BCUT2D eigenvalue weighted by Crippen LogP contribution is -2.45. The van der Waals surface area contributed by atoms with Crippen LogP contribution in [0.1, 0.15) is 46.0 Å². The molecule has 100 valence electrons. The van der Waals surface area contributed by atoms with E-state index in [2.05, 4.69) is 13.8 Å². The molecule has 1 amide bonds. The van der Waals surface area contributed by atoms with Crippen LogP contribution in [0.3, 0.4) is 0 Å². The molecule has 0 aromatic rings. The molecule has 17 heavy (non-hydrogen) atoms. The summed E-state index contributed by atoms with van der Waals surface area (Å²) in [5, 5.41) is 0.739. The maximum absolute atomic E-state index is 12.1. The van der Waals surface area contributed by atoms with Crippen LogP contribution in [0.2, 0.25) is 0 Å². The molecular formula is C13H26N2OS. The van der Waals surface area contributed by atoms with E-state index in [0.717, 1.165) is 30.9 Å². The van der Waals surface area contributed by atoms with Crippen molar-refractivity contribution in [3.63, 3.8) is 0 Å². The highest BCUT2D eigenvalue weighted by Crippen LogP contribution is 2.32. The zero-order chi connectivity index (χ0) is 12.8. The number of hydrogen-bond acceptors (Lipinski definition) is 3. The van der Waals surface area contributed by atoms with Crippen molar-refractivity contribution >= 4 is 17.7 Å². The molecule has 0 aromatic carbocycles. The van der Waals surface area contributed by atoms with Gasteiger partial charge in [0.05, 0.1) is 6.04 Å². The van der Waals surface area contributed by atoms with Crippen LogP contribution < -0.4 is 5.73 Å². The normalized spacial score (nSPS) is 25.9. The average Bonchev–Trinajstić information content (AvgIpc) is 2.76. The molecule has 3 atom stereocenters. The van der Waals surface area contributed by atoms with E-state index < -0.39 is 0 Å². The summed E-state index contributed by atoms with van der Waals surface area (Å²) in [5.74, 6) is 1.30. The molecular weight excluding hydrogens is 232 g/mol.